The van der Waals surface area contributed by atoms with Crippen molar-refractivity contribution in [1.82, 2.24) is 4.90 Å². The van der Waals surface area contributed by atoms with Crippen molar-refractivity contribution >= 4 is 5.84 Å². The molecule has 128 valence electrons. The molecule has 1 unspecified atom stereocenters. The quantitative estimate of drug-likeness (QED) is 0.367. The van der Waals surface area contributed by atoms with E-state index in [-0.39, 0.29) is 6.17 Å². The molecule has 1 atom stereocenters. The first kappa shape index (κ1) is 19.2. The molecule has 1 heterocycles. The second-order valence-electron chi connectivity index (χ2n) is 6.59. The summed E-state index contributed by atoms with van der Waals surface area (Å²) in [7, 11) is 0. The maximum absolute atomic E-state index is 5.97. The normalized spacial score (nSPS) is 15.9. The highest BCUT2D eigenvalue weighted by Gasteiger charge is 2.18. The number of nitrogens with two attached hydrogens (primary N) is 1. The number of aliphatic imine (C=N–C) groups is 1. The van der Waals surface area contributed by atoms with E-state index in [4.69, 9.17) is 5.73 Å². The highest BCUT2D eigenvalue weighted by atomic mass is 15.3. The molecule has 0 aromatic carbocycles. The van der Waals surface area contributed by atoms with Gasteiger partial charge in [-0.25, -0.2) is 0 Å². The Labute approximate surface area is 138 Å². The van der Waals surface area contributed by atoms with Crippen LogP contribution in [-0.2, 0) is 0 Å². The first-order chi connectivity index (χ1) is 10.8. The molecule has 1 aliphatic heterocycles. The lowest BCUT2D eigenvalue weighted by Gasteiger charge is -2.24. The van der Waals surface area contributed by atoms with Gasteiger partial charge < -0.3 is 10.6 Å². The van der Waals surface area contributed by atoms with E-state index >= 15 is 0 Å². The Bertz CT molecular complexity index is 310. The number of amidine groups is 1. The first-order valence-corrected chi connectivity index (χ1v) is 9.42. The Morgan fingerprint density at radius 2 is 1.59 bits per heavy atom. The number of rotatable bonds is 14. The predicted octanol–water partition coefficient (Wildman–Crippen LogP) is 4.87. The smallest absolute Gasteiger partial charge is 0.100 e. The van der Waals surface area contributed by atoms with Gasteiger partial charge in [-0.2, -0.15) is 0 Å². The van der Waals surface area contributed by atoms with Gasteiger partial charge in [0, 0.05) is 13.0 Å². The third-order valence-corrected chi connectivity index (χ3v) is 4.52. The Balaban J connectivity index is 1.85. The van der Waals surface area contributed by atoms with E-state index in [1.54, 1.807) is 0 Å². The van der Waals surface area contributed by atoms with E-state index in [0.717, 1.165) is 19.5 Å². The molecule has 3 heteroatoms. The van der Waals surface area contributed by atoms with Crippen molar-refractivity contribution in [3.8, 4) is 0 Å². The van der Waals surface area contributed by atoms with Crippen molar-refractivity contribution in [3.63, 3.8) is 0 Å². The van der Waals surface area contributed by atoms with Gasteiger partial charge in [-0.05, 0) is 26.2 Å². The Kier molecular flexibility index (Phi) is 11.1. The van der Waals surface area contributed by atoms with Crippen molar-refractivity contribution in [1.29, 1.82) is 0 Å². The zero-order chi connectivity index (χ0) is 16.0. The van der Waals surface area contributed by atoms with Crippen LogP contribution in [0.25, 0.3) is 0 Å². The maximum atomic E-state index is 5.97. The largest absolute Gasteiger partial charge is 0.343 e. The van der Waals surface area contributed by atoms with Gasteiger partial charge in [0.15, 0.2) is 0 Å². The minimum absolute atomic E-state index is 0.118. The topological polar surface area (TPSA) is 41.6 Å². The number of hydrogen-bond acceptors (Lipinski definition) is 3. The van der Waals surface area contributed by atoms with Crippen molar-refractivity contribution in [2.24, 2.45) is 10.7 Å². The zero-order valence-electron chi connectivity index (χ0n) is 14.7. The molecule has 0 aromatic heterocycles. The molecule has 0 aliphatic carbocycles. The first-order valence-electron chi connectivity index (χ1n) is 9.42. The fraction of sp³-hybridized carbons (Fsp3) is 0.842. The summed E-state index contributed by atoms with van der Waals surface area (Å²) in [5.74, 6) is 1.24. The van der Waals surface area contributed by atoms with E-state index in [0.29, 0.717) is 0 Å². The summed E-state index contributed by atoms with van der Waals surface area (Å²) in [5.41, 5.74) is 5.97. The van der Waals surface area contributed by atoms with E-state index in [9.17, 15) is 0 Å². The van der Waals surface area contributed by atoms with Crippen LogP contribution < -0.4 is 5.73 Å². The average molecular weight is 308 g/mol. The van der Waals surface area contributed by atoms with Crippen LogP contribution in [0, 0.1) is 0 Å². The molecule has 0 bridgehead atoms. The lowest BCUT2D eigenvalue weighted by Crippen LogP contribution is -2.41. The lowest BCUT2D eigenvalue weighted by atomic mass is 10.0. The number of unbranched alkanes of at least 4 members (excludes halogenated alkanes) is 10. The molecule has 2 N–H and O–H groups in total. The molecular formula is C19H37N3. The van der Waals surface area contributed by atoms with Crippen molar-refractivity contribution in [2.75, 3.05) is 13.1 Å². The summed E-state index contributed by atoms with van der Waals surface area (Å²) in [4.78, 5) is 6.84. The Morgan fingerprint density at radius 1 is 1.05 bits per heavy atom. The van der Waals surface area contributed by atoms with E-state index < -0.39 is 0 Å². The van der Waals surface area contributed by atoms with E-state index in [1.807, 2.05) is 6.08 Å². The maximum Gasteiger partial charge on any atom is 0.100 e. The molecule has 0 saturated carbocycles. The number of allylic oxidation sites excluding steroid dienone is 1. The van der Waals surface area contributed by atoms with Gasteiger partial charge in [-0.1, -0.05) is 57.4 Å². The van der Waals surface area contributed by atoms with Crippen LogP contribution in [0.2, 0.25) is 0 Å². The van der Waals surface area contributed by atoms with E-state index in [1.165, 1.54) is 76.5 Å². The fourth-order valence-electron chi connectivity index (χ4n) is 3.15. The van der Waals surface area contributed by atoms with Crippen molar-refractivity contribution in [3.05, 3.63) is 12.7 Å². The number of hydrogen-bond donors (Lipinski definition) is 1. The molecule has 0 amide bonds. The molecule has 0 radical (unpaired) electrons. The van der Waals surface area contributed by atoms with Gasteiger partial charge in [-0.3, -0.25) is 4.99 Å². The summed E-state index contributed by atoms with van der Waals surface area (Å²) in [6.45, 7) is 7.77. The molecule has 0 saturated heterocycles. The minimum Gasteiger partial charge on any atom is -0.343 e. The van der Waals surface area contributed by atoms with Crippen LogP contribution in [0.15, 0.2) is 17.6 Å². The Morgan fingerprint density at radius 3 is 2.14 bits per heavy atom. The third kappa shape index (κ3) is 8.57. The van der Waals surface area contributed by atoms with Crippen LogP contribution >= 0.6 is 0 Å². The molecule has 22 heavy (non-hydrogen) atoms. The van der Waals surface area contributed by atoms with Gasteiger partial charge in [-0.15, -0.1) is 6.58 Å². The standard InChI is InChI=1S/C19H37N3/c1-3-4-5-6-7-8-9-10-11-12-13-14-15-19-21-16-17-22(19)18(2)20/h3,18H,1,4-17,20H2,2H3. The second kappa shape index (κ2) is 12.7. The molecule has 1 rings (SSSR count). The van der Waals surface area contributed by atoms with Gasteiger partial charge in [0.1, 0.15) is 5.84 Å². The fourth-order valence-corrected chi connectivity index (χ4v) is 3.15. The van der Waals surface area contributed by atoms with Gasteiger partial charge >= 0.3 is 0 Å². The predicted molar refractivity (Wildman–Crippen MR) is 98.3 cm³/mol. The van der Waals surface area contributed by atoms with Crippen molar-refractivity contribution < 1.29 is 0 Å². The summed E-state index contributed by atoms with van der Waals surface area (Å²) in [6, 6.07) is 0. The molecule has 0 spiro atoms. The summed E-state index contributed by atoms with van der Waals surface area (Å²) in [5, 5.41) is 0. The summed E-state index contributed by atoms with van der Waals surface area (Å²) >= 11 is 0. The second-order valence-corrected chi connectivity index (χ2v) is 6.59. The van der Waals surface area contributed by atoms with Crippen LogP contribution in [0.3, 0.4) is 0 Å². The molecular weight excluding hydrogens is 270 g/mol. The van der Waals surface area contributed by atoms with Gasteiger partial charge in [0.05, 0.1) is 12.7 Å². The molecule has 3 nitrogen and oxygen atoms in total. The lowest BCUT2D eigenvalue weighted by molar-refractivity contribution is 0.358. The number of nitrogens with zero attached hydrogens (tertiary/aromatic N) is 2. The highest BCUT2D eigenvalue weighted by Crippen LogP contribution is 2.14. The van der Waals surface area contributed by atoms with Gasteiger partial charge in [0.25, 0.3) is 0 Å². The summed E-state index contributed by atoms with van der Waals surface area (Å²) < 4.78 is 0. The van der Waals surface area contributed by atoms with Gasteiger partial charge in [0.2, 0.25) is 0 Å². The minimum atomic E-state index is 0.118. The van der Waals surface area contributed by atoms with Crippen molar-refractivity contribution in [2.45, 2.75) is 90.1 Å². The zero-order valence-corrected chi connectivity index (χ0v) is 14.7. The van der Waals surface area contributed by atoms with Crippen LogP contribution in [0.4, 0.5) is 0 Å². The average Bonchev–Trinajstić information content (AvgIpc) is 2.97. The Hall–Kier alpha value is -0.830. The SMILES string of the molecule is C=CCCCCCCCCCCCCC1=NCCN1C(C)N. The highest BCUT2D eigenvalue weighted by molar-refractivity contribution is 5.83. The van der Waals surface area contributed by atoms with E-state index in [2.05, 4.69) is 23.4 Å². The monoisotopic (exact) mass is 307 g/mol. The summed E-state index contributed by atoms with van der Waals surface area (Å²) in [6.07, 6.45) is 18.2. The molecule has 1 aliphatic rings. The van der Waals surface area contributed by atoms with Crippen LogP contribution in [0.5, 0.6) is 0 Å². The molecule has 0 fully saturated rings. The van der Waals surface area contributed by atoms with Crippen LogP contribution in [-0.4, -0.2) is 30.0 Å². The molecule has 0 aromatic rings. The van der Waals surface area contributed by atoms with Crippen LogP contribution in [0.1, 0.15) is 84.0 Å². The third-order valence-electron chi connectivity index (χ3n) is 4.52.